The van der Waals surface area contributed by atoms with Crippen molar-refractivity contribution in [3.8, 4) is 0 Å². The van der Waals surface area contributed by atoms with Crippen molar-refractivity contribution in [2.75, 3.05) is 5.32 Å². The molecule has 2 nitrogen and oxygen atoms in total. The molecule has 0 aromatic heterocycles. The Labute approximate surface area is 147 Å². The maximum absolute atomic E-state index is 12.2. The van der Waals surface area contributed by atoms with Crippen molar-refractivity contribution in [1.29, 1.82) is 0 Å². The quantitative estimate of drug-likeness (QED) is 0.610. The molecule has 0 aliphatic heterocycles. The van der Waals surface area contributed by atoms with Gasteiger partial charge in [0, 0.05) is 23.9 Å². The van der Waals surface area contributed by atoms with Gasteiger partial charge >= 0.3 is 0 Å². The molecule has 1 aromatic rings. The van der Waals surface area contributed by atoms with Gasteiger partial charge in [-0.15, -0.1) is 0 Å². The zero-order valence-corrected chi connectivity index (χ0v) is 15.8. The number of allylic oxidation sites excluding steroid dienone is 1. The highest BCUT2D eigenvalue weighted by Gasteiger charge is 2.33. The number of hydrogen-bond donors (Lipinski definition) is 1. The van der Waals surface area contributed by atoms with E-state index in [9.17, 15) is 4.79 Å². The highest BCUT2D eigenvalue weighted by atomic mass is 16.1. The van der Waals surface area contributed by atoms with Crippen molar-refractivity contribution in [3.63, 3.8) is 0 Å². The molecule has 24 heavy (non-hydrogen) atoms. The fourth-order valence-electron chi connectivity index (χ4n) is 3.36. The number of aryl methyl sites for hydroxylation is 1. The van der Waals surface area contributed by atoms with Crippen LogP contribution in [0.1, 0.15) is 71.8 Å². The molecule has 1 N–H and O–H groups in total. The number of hydrogen-bond acceptors (Lipinski definition) is 2. The molecule has 1 atom stereocenters. The van der Waals surface area contributed by atoms with Crippen molar-refractivity contribution in [3.05, 3.63) is 41.6 Å². The van der Waals surface area contributed by atoms with Crippen LogP contribution >= 0.6 is 0 Å². The Bertz CT molecular complexity index is 568. The van der Waals surface area contributed by atoms with E-state index in [1.165, 1.54) is 18.4 Å². The molecular weight excluding hydrogens is 294 g/mol. The fraction of sp³-hybridized carbons (Fsp3) is 0.591. The Morgan fingerprint density at radius 3 is 2.54 bits per heavy atom. The maximum atomic E-state index is 12.2. The molecule has 0 unspecified atom stereocenters. The second kappa shape index (κ2) is 8.50. The summed E-state index contributed by atoms with van der Waals surface area (Å²) in [6.45, 7) is 9.12. The highest BCUT2D eigenvalue weighted by Crippen LogP contribution is 2.41. The zero-order valence-electron chi connectivity index (χ0n) is 15.8. The highest BCUT2D eigenvalue weighted by molar-refractivity contribution is 5.96. The van der Waals surface area contributed by atoms with Gasteiger partial charge in [-0.25, -0.2) is 0 Å². The Balaban J connectivity index is 2.00. The average Bonchev–Trinajstić information content (AvgIpc) is 2.60. The number of nitrogens with one attached hydrogen (secondary N) is 1. The standard InChI is InChI=1S/C22H33NO/c1-5-7-8-17-9-12-20(13-10-17)23-16-18-15-19(11-14-21(18)24)22(3,4)6-2/h9-10,12-13,16,19,23H,5-8,11,14-15H2,1-4H3/b18-16+/t19-/m1/s1. The van der Waals surface area contributed by atoms with Crippen LogP contribution in [0.3, 0.4) is 0 Å². The molecule has 2 rings (SSSR count). The molecule has 2 heteroatoms. The lowest BCUT2D eigenvalue weighted by Gasteiger charge is -2.36. The second-order valence-electron chi connectivity index (χ2n) is 7.82. The third kappa shape index (κ3) is 4.96. The molecule has 1 aliphatic rings. The van der Waals surface area contributed by atoms with Crippen LogP contribution in [0.25, 0.3) is 0 Å². The lowest BCUT2D eigenvalue weighted by molar-refractivity contribution is -0.117. The van der Waals surface area contributed by atoms with Crippen LogP contribution in [0, 0.1) is 11.3 Å². The van der Waals surface area contributed by atoms with E-state index in [-0.39, 0.29) is 0 Å². The van der Waals surface area contributed by atoms with E-state index in [1.807, 2.05) is 6.20 Å². The molecule has 1 saturated carbocycles. The van der Waals surface area contributed by atoms with E-state index in [4.69, 9.17) is 0 Å². The van der Waals surface area contributed by atoms with Gasteiger partial charge in [-0.1, -0.05) is 52.7 Å². The van der Waals surface area contributed by atoms with E-state index >= 15 is 0 Å². The van der Waals surface area contributed by atoms with Gasteiger partial charge in [0.15, 0.2) is 5.78 Å². The maximum Gasteiger partial charge on any atom is 0.160 e. The number of unbranched alkanes of at least 4 members (excludes halogenated alkanes) is 1. The largest absolute Gasteiger partial charge is 0.361 e. The molecular formula is C22H33NO. The predicted octanol–water partition coefficient (Wildman–Crippen LogP) is 6.13. The number of rotatable bonds is 7. The topological polar surface area (TPSA) is 29.1 Å². The summed E-state index contributed by atoms with van der Waals surface area (Å²) < 4.78 is 0. The van der Waals surface area contributed by atoms with E-state index < -0.39 is 0 Å². The van der Waals surface area contributed by atoms with Gasteiger partial charge in [0.2, 0.25) is 0 Å². The van der Waals surface area contributed by atoms with E-state index in [1.54, 1.807) is 0 Å². The first kappa shape index (κ1) is 18.8. The number of carbonyl (C=O) groups is 1. The normalized spacial score (nSPS) is 20.4. The van der Waals surface area contributed by atoms with Crippen molar-refractivity contribution in [1.82, 2.24) is 0 Å². The van der Waals surface area contributed by atoms with Crippen LogP contribution in [-0.4, -0.2) is 5.78 Å². The van der Waals surface area contributed by atoms with Crippen LogP contribution in [-0.2, 0) is 11.2 Å². The zero-order chi connectivity index (χ0) is 17.6. The molecule has 0 saturated heterocycles. The van der Waals surface area contributed by atoms with Crippen molar-refractivity contribution < 1.29 is 4.79 Å². The lowest BCUT2D eigenvalue weighted by atomic mass is 9.68. The number of benzene rings is 1. The average molecular weight is 328 g/mol. The van der Waals surface area contributed by atoms with Crippen molar-refractivity contribution >= 4 is 11.5 Å². The monoisotopic (exact) mass is 327 g/mol. The summed E-state index contributed by atoms with van der Waals surface area (Å²) in [6, 6.07) is 8.59. The molecule has 1 aromatic carbocycles. The van der Waals surface area contributed by atoms with E-state index in [0.717, 1.165) is 36.9 Å². The summed E-state index contributed by atoms with van der Waals surface area (Å²) in [6.07, 6.45) is 9.34. The Morgan fingerprint density at radius 1 is 1.21 bits per heavy atom. The molecule has 132 valence electrons. The number of ketones is 1. The van der Waals surface area contributed by atoms with Gasteiger partial charge in [-0.2, -0.15) is 0 Å². The Hall–Kier alpha value is -1.57. The summed E-state index contributed by atoms with van der Waals surface area (Å²) in [4.78, 5) is 12.2. The predicted molar refractivity (Wildman–Crippen MR) is 103 cm³/mol. The number of carbonyl (C=O) groups excluding carboxylic acids is 1. The van der Waals surface area contributed by atoms with Crippen molar-refractivity contribution in [2.45, 2.75) is 72.6 Å². The minimum Gasteiger partial charge on any atom is -0.361 e. The Morgan fingerprint density at radius 2 is 1.92 bits per heavy atom. The number of anilines is 1. The number of Topliss-reactive ketones (excluding diaryl/α,β-unsaturated/α-hetero) is 1. The summed E-state index contributed by atoms with van der Waals surface area (Å²) in [5.74, 6) is 0.912. The lowest BCUT2D eigenvalue weighted by Crippen LogP contribution is -2.29. The molecule has 1 fully saturated rings. The first-order chi connectivity index (χ1) is 11.5. The Kier molecular flexibility index (Phi) is 6.65. The van der Waals surface area contributed by atoms with Gasteiger partial charge < -0.3 is 5.32 Å². The minimum atomic E-state index is 0.306. The van der Waals surface area contributed by atoms with Crippen LogP contribution in [0.15, 0.2) is 36.0 Å². The van der Waals surface area contributed by atoms with Gasteiger partial charge in [-0.05, 0) is 54.7 Å². The second-order valence-corrected chi connectivity index (χ2v) is 7.82. The van der Waals surface area contributed by atoms with Crippen LogP contribution in [0.5, 0.6) is 0 Å². The summed E-state index contributed by atoms with van der Waals surface area (Å²) in [5.41, 5.74) is 3.71. The van der Waals surface area contributed by atoms with Crippen LogP contribution in [0.2, 0.25) is 0 Å². The summed E-state index contributed by atoms with van der Waals surface area (Å²) >= 11 is 0. The van der Waals surface area contributed by atoms with Crippen LogP contribution < -0.4 is 5.32 Å². The van der Waals surface area contributed by atoms with Gasteiger partial charge in [-0.3, -0.25) is 4.79 Å². The van der Waals surface area contributed by atoms with Crippen LogP contribution in [0.4, 0.5) is 5.69 Å². The third-order valence-corrected chi connectivity index (χ3v) is 5.75. The molecule has 0 radical (unpaired) electrons. The molecule has 0 bridgehead atoms. The SMILES string of the molecule is CCCCc1ccc(N/C=C2\C[C@H](C(C)(C)CC)CCC2=O)cc1. The molecule has 1 aliphatic carbocycles. The first-order valence-electron chi connectivity index (χ1n) is 9.54. The summed E-state index contributed by atoms with van der Waals surface area (Å²) in [5, 5.41) is 3.34. The first-order valence-corrected chi connectivity index (χ1v) is 9.54. The van der Waals surface area contributed by atoms with Gasteiger partial charge in [0.05, 0.1) is 0 Å². The third-order valence-electron chi connectivity index (χ3n) is 5.75. The molecule has 0 spiro atoms. The van der Waals surface area contributed by atoms with E-state index in [0.29, 0.717) is 23.5 Å². The minimum absolute atomic E-state index is 0.306. The van der Waals surface area contributed by atoms with Crippen molar-refractivity contribution in [2.24, 2.45) is 11.3 Å². The van der Waals surface area contributed by atoms with E-state index in [2.05, 4.69) is 57.3 Å². The van der Waals surface area contributed by atoms with Gasteiger partial charge in [0.25, 0.3) is 0 Å². The molecule has 0 heterocycles. The smallest absolute Gasteiger partial charge is 0.160 e. The fourth-order valence-corrected chi connectivity index (χ4v) is 3.36. The summed E-state index contributed by atoms with van der Waals surface area (Å²) in [7, 11) is 0. The van der Waals surface area contributed by atoms with Gasteiger partial charge in [0.1, 0.15) is 0 Å². The molecule has 0 amide bonds.